The van der Waals surface area contributed by atoms with Crippen LogP contribution in [0.1, 0.15) is 5.56 Å². The average molecular weight is 413 g/mol. The highest BCUT2D eigenvalue weighted by Gasteiger charge is 2.51. The quantitative estimate of drug-likeness (QED) is 0.320. The fourth-order valence-corrected chi connectivity index (χ4v) is 1.95. The van der Waals surface area contributed by atoms with Crippen LogP contribution in [-0.2, 0) is 20.7 Å². The fraction of sp³-hybridized carbons (Fsp3) is 0.273. The van der Waals surface area contributed by atoms with E-state index < -0.39 is 34.0 Å². The molecule has 0 atom stereocenters. The van der Waals surface area contributed by atoms with Crippen LogP contribution in [0.4, 0.5) is 26.3 Å². The molecular weight excluding hydrogens is 406 g/mol. The zero-order chi connectivity index (χ0) is 17.2. The lowest BCUT2D eigenvalue weighted by atomic mass is 10.1. The third-order valence-electron chi connectivity index (χ3n) is 2.20. The Hall–Kier alpha value is -1.23. The maximum Gasteiger partial charge on any atom is 0.534 e. The molecule has 0 saturated heterocycles. The highest BCUT2D eigenvalue weighted by molar-refractivity contribution is 9.10. The molecule has 0 fully saturated rings. The van der Waals surface area contributed by atoms with E-state index in [9.17, 15) is 34.8 Å². The first kappa shape index (κ1) is 18.8. The van der Waals surface area contributed by atoms with Gasteiger partial charge in [-0.3, -0.25) is 0 Å². The molecule has 0 amide bonds. The minimum atomic E-state index is -6.39. The molecular formula is C11H7BrF6O3S. The van der Waals surface area contributed by atoms with Crippen LogP contribution < -0.4 is 0 Å². The number of alkyl halides is 6. The van der Waals surface area contributed by atoms with Crippen molar-refractivity contribution in [1.29, 1.82) is 0 Å². The van der Waals surface area contributed by atoms with Crippen molar-refractivity contribution in [2.24, 2.45) is 0 Å². The summed E-state index contributed by atoms with van der Waals surface area (Å²) in [5.74, 6) is -2.24. The first-order valence-electron chi connectivity index (χ1n) is 5.35. The van der Waals surface area contributed by atoms with Crippen LogP contribution in [-0.4, -0.2) is 20.1 Å². The Balaban J connectivity index is 3.04. The average Bonchev–Trinajstić information content (AvgIpc) is 2.33. The zero-order valence-corrected chi connectivity index (χ0v) is 12.8. The molecule has 124 valence electrons. The predicted molar refractivity (Wildman–Crippen MR) is 68.0 cm³/mol. The maximum absolute atomic E-state index is 12.6. The van der Waals surface area contributed by atoms with Gasteiger partial charge in [-0.25, -0.2) is 0 Å². The summed E-state index contributed by atoms with van der Waals surface area (Å²) in [6, 6.07) is 5.83. The molecule has 0 heterocycles. The van der Waals surface area contributed by atoms with Gasteiger partial charge in [-0.2, -0.15) is 34.8 Å². The number of hydrogen-bond donors (Lipinski definition) is 0. The van der Waals surface area contributed by atoms with Crippen LogP contribution in [0.3, 0.4) is 0 Å². The van der Waals surface area contributed by atoms with Crippen LogP contribution in [0.5, 0.6) is 0 Å². The third kappa shape index (κ3) is 5.20. The van der Waals surface area contributed by atoms with Crippen molar-refractivity contribution in [3.63, 3.8) is 0 Å². The molecule has 0 bridgehead atoms. The number of rotatable bonds is 4. The van der Waals surface area contributed by atoms with E-state index in [-0.39, 0.29) is 6.08 Å². The second kappa shape index (κ2) is 6.49. The van der Waals surface area contributed by atoms with Crippen molar-refractivity contribution in [2.45, 2.75) is 18.1 Å². The van der Waals surface area contributed by atoms with Gasteiger partial charge in [0.05, 0.1) is 0 Å². The number of allylic oxidation sites excluding steroid dienone is 2. The second-order valence-corrected chi connectivity index (χ2v) is 6.33. The molecule has 1 aromatic carbocycles. The monoisotopic (exact) mass is 412 g/mol. The van der Waals surface area contributed by atoms with E-state index in [1.807, 2.05) is 0 Å². The van der Waals surface area contributed by atoms with Gasteiger partial charge in [0.2, 0.25) is 5.76 Å². The molecule has 0 aliphatic rings. The summed E-state index contributed by atoms with van der Waals surface area (Å²) in [5.41, 5.74) is -5.63. The first-order valence-corrected chi connectivity index (χ1v) is 7.55. The van der Waals surface area contributed by atoms with E-state index in [2.05, 4.69) is 20.1 Å². The van der Waals surface area contributed by atoms with Gasteiger partial charge >= 0.3 is 21.8 Å². The van der Waals surface area contributed by atoms with E-state index in [1.165, 1.54) is 24.3 Å². The SMILES string of the molecule is O=S(=O)(OC(=CCc1ccc(Br)cc1)C(F)(F)F)C(F)(F)F. The second-order valence-electron chi connectivity index (χ2n) is 3.88. The maximum atomic E-state index is 12.6. The van der Waals surface area contributed by atoms with Crippen molar-refractivity contribution in [3.8, 4) is 0 Å². The van der Waals surface area contributed by atoms with Crippen LogP contribution in [0.15, 0.2) is 40.6 Å². The van der Waals surface area contributed by atoms with E-state index in [0.29, 0.717) is 10.0 Å². The van der Waals surface area contributed by atoms with E-state index >= 15 is 0 Å². The number of halogens is 7. The summed E-state index contributed by atoms with van der Waals surface area (Å²) >= 11 is 3.09. The molecule has 0 saturated carbocycles. The predicted octanol–water partition coefficient (Wildman–Crippen LogP) is 4.30. The smallest absolute Gasteiger partial charge is 0.371 e. The van der Waals surface area contributed by atoms with E-state index in [0.717, 1.165) is 0 Å². The van der Waals surface area contributed by atoms with Gasteiger partial charge in [0.1, 0.15) is 0 Å². The van der Waals surface area contributed by atoms with Gasteiger partial charge in [0, 0.05) is 4.47 Å². The summed E-state index contributed by atoms with van der Waals surface area (Å²) in [6.45, 7) is 0. The summed E-state index contributed by atoms with van der Waals surface area (Å²) < 4.78 is 99.1. The van der Waals surface area contributed by atoms with Gasteiger partial charge in [-0.05, 0) is 30.2 Å². The Morgan fingerprint density at radius 2 is 1.59 bits per heavy atom. The van der Waals surface area contributed by atoms with E-state index in [4.69, 9.17) is 0 Å². The molecule has 0 N–H and O–H groups in total. The molecule has 0 radical (unpaired) electrons. The normalized spacial score (nSPS) is 14.0. The molecule has 0 aliphatic carbocycles. The van der Waals surface area contributed by atoms with Crippen LogP contribution in [0.25, 0.3) is 0 Å². The minimum absolute atomic E-state index is 0.229. The lowest BCUT2D eigenvalue weighted by molar-refractivity contribution is -0.120. The molecule has 3 nitrogen and oxygen atoms in total. The van der Waals surface area contributed by atoms with Gasteiger partial charge in [-0.1, -0.05) is 28.1 Å². The molecule has 0 spiro atoms. The van der Waals surface area contributed by atoms with Crippen molar-refractivity contribution in [3.05, 3.63) is 46.1 Å². The van der Waals surface area contributed by atoms with Crippen molar-refractivity contribution >= 4 is 26.0 Å². The minimum Gasteiger partial charge on any atom is -0.371 e. The molecule has 22 heavy (non-hydrogen) atoms. The lowest BCUT2D eigenvalue weighted by Crippen LogP contribution is -2.29. The van der Waals surface area contributed by atoms with Crippen LogP contribution >= 0.6 is 15.9 Å². The van der Waals surface area contributed by atoms with Gasteiger partial charge < -0.3 is 4.18 Å². The Bertz CT molecular complexity index is 646. The van der Waals surface area contributed by atoms with Crippen molar-refractivity contribution < 1.29 is 38.9 Å². The molecule has 1 aromatic rings. The largest absolute Gasteiger partial charge is 0.534 e. The molecule has 0 aromatic heterocycles. The van der Waals surface area contributed by atoms with Crippen molar-refractivity contribution in [2.75, 3.05) is 0 Å². The number of benzene rings is 1. The molecule has 0 aliphatic heterocycles. The fourth-order valence-electron chi connectivity index (χ4n) is 1.19. The standard InChI is InChI=1S/C11H7BrF6O3S/c12-8-4-1-7(2-5-8)3-6-9(10(13,14)15)21-22(19,20)11(16,17)18/h1-2,4-6H,3H2. The van der Waals surface area contributed by atoms with Crippen LogP contribution in [0, 0.1) is 0 Å². The van der Waals surface area contributed by atoms with Gasteiger partial charge in [0.25, 0.3) is 0 Å². The highest BCUT2D eigenvalue weighted by Crippen LogP contribution is 2.33. The zero-order valence-electron chi connectivity index (χ0n) is 10.4. The Labute approximate surface area is 129 Å². The van der Waals surface area contributed by atoms with Gasteiger partial charge in [-0.15, -0.1) is 0 Å². The topological polar surface area (TPSA) is 43.4 Å². The van der Waals surface area contributed by atoms with Gasteiger partial charge in [0.15, 0.2) is 0 Å². The molecule has 11 heteroatoms. The number of hydrogen-bond acceptors (Lipinski definition) is 3. The highest BCUT2D eigenvalue weighted by atomic mass is 79.9. The Kier molecular flexibility index (Phi) is 5.55. The lowest BCUT2D eigenvalue weighted by Gasteiger charge is -2.14. The summed E-state index contributed by atoms with van der Waals surface area (Å²) in [6.07, 6.45) is -5.62. The Morgan fingerprint density at radius 1 is 1.09 bits per heavy atom. The molecule has 0 unspecified atom stereocenters. The van der Waals surface area contributed by atoms with E-state index in [1.54, 1.807) is 0 Å². The summed E-state index contributed by atoms with van der Waals surface area (Å²) in [4.78, 5) is 0. The third-order valence-corrected chi connectivity index (χ3v) is 3.69. The van der Waals surface area contributed by atoms with Crippen molar-refractivity contribution in [1.82, 2.24) is 0 Å². The molecule has 1 rings (SSSR count). The Morgan fingerprint density at radius 3 is 2.00 bits per heavy atom. The summed E-state index contributed by atoms with van der Waals surface area (Å²) in [7, 11) is -6.39. The summed E-state index contributed by atoms with van der Waals surface area (Å²) in [5, 5.41) is 0. The first-order chi connectivity index (χ1) is 9.83. The van der Waals surface area contributed by atoms with Crippen LogP contribution in [0.2, 0.25) is 0 Å².